The average molecular weight is 362 g/mol. The molecule has 0 bridgehead atoms. The van der Waals surface area contributed by atoms with E-state index in [1.807, 2.05) is 0 Å². The molecule has 1 N–H and O–H groups in total. The topological polar surface area (TPSA) is 81.7 Å². The highest BCUT2D eigenvalue weighted by atomic mass is 35.5. The fourth-order valence-corrected chi connectivity index (χ4v) is 2.14. The second-order valence-electron chi connectivity index (χ2n) is 5.12. The number of rotatable bonds is 5. The molecule has 6 nitrogen and oxygen atoms in total. The van der Waals surface area contributed by atoms with Crippen molar-refractivity contribution in [3.8, 4) is 0 Å². The molecule has 2 aromatic carbocycles. The number of anilines is 1. The largest absolute Gasteiger partial charge is 0.465 e. The number of carbonyl (C=O) groups is 3. The molecule has 130 valence electrons. The number of ether oxygens (including phenoxy) is 2. The summed E-state index contributed by atoms with van der Waals surface area (Å²) in [5.74, 6) is -1.67. The zero-order valence-electron chi connectivity index (χ0n) is 13.6. The smallest absolute Gasteiger partial charge is 0.338 e. The van der Waals surface area contributed by atoms with E-state index in [1.165, 1.54) is 38.3 Å². The van der Waals surface area contributed by atoms with Gasteiger partial charge in [0.2, 0.25) is 0 Å². The van der Waals surface area contributed by atoms with E-state index in [0.29, 0.717) is 16.3 Å². The number of hydrogen-bond acceptors (Lipinski definition) is 5. The maximum absolute atomic E-state index is 12.1. The van der Waals surface area contributed by atoms with Crippen LogP contribution in [0.2, 0.25) is 5.02 Å². The molecule has 0 aliphatic carbocycles. The third-order valence-corrected chi connectivity index (χ3v) is 3.52. The Balaban J connectivity index is 1.97. The van der Waals surface area contributed by atoms with Crippen molar-refractivity contribution in [3.05, 3.63) is 64.7 Å². The molecule has 1 unspecified atom stereocenters. The van der Waals surface area contributed by atoms with Gasteiger partial charge < -0.3 is 14.8 Å². The minimum absolute atomic E-state index is 0.218. The van der Waals surface area contributed by atoms with Crippen LogP contribution >= 0.6 is 11.6 Å². The van der Waals surface area contributed by atoms with Crippen LogP contribution < -0.4 is 5.32 Å². The molecule has 0 aromatic heterocycles. The van der Waals surface area contributed by atoms with Gasteiger partial charge in [-0.3, -0.25) is 4.79 Å². The molecule has 7 heteroatoms. The molecule has 25 heavy (non-hydrogen) atoms. The van der Waals surface area contributed by atoms with E-state index >= 15 is 0 Å². The van der Waals surface area contributed by atoms with Gasteiger partial charge in [-0.1, -0.05) is 17.7 Å². The first-order valence-corrected chi connectivity index (χ1v) is 7.74. The molecular formula is C18H16ClNO5. The lowest BCUT2D eigenvalue weighted by atomic mass is 10.1. The SMILES string of the molecule is COC(=O)c1ccc(C(=O)OC(C)C(=O)Nc2cccc(Cl)c2)cc1. The highest BCUT2D eigenvalue weighted by Crippen LogP contribution is 2.15. The number of amides is 1. The van der Waals surface area contributed by atoms with Crippen molar-refractivity contribution in [1.82, 2.24) is 0 Å². The number of hydrogen-bond donors (Lipinski definition) is 1. The average Bonchev–Trinajstić information content (AvgIpc) is 2.61. The van der Waals surface area contributed by atoms with Crippen LogP contribution in [0.1, 0.15) is 27.6 Å². The summed E-state index contributed by atoms with van der Waals surface area (Å²) in [6.45, 7) is 1.46. The van der Waals surface area contributed by atoms with Crippen LogP contribution in [0.25, 0.3) is 0 Å². The predicted molar refractivity (Wildman–Crippen MR) is 92.7 cm³/mol. The number of carbonyl (C=O) groups excluding carboxylic acids is 3. The highest BCUT2D eigenvalue weighted by Gasteiger charge is 2.19. The second kappa shape index (κ2) is 8.30. The fourth-order valence-electron chi connectivity index (χ4n) is 1.95. The Kier molecular flexibility index (Phi) is 6.14. The minimum Gasteiger partial charge on any atom is -0.465 e. The molecule has 0 saturated carbocycles. The van der Waals surface area contributed by atoms with Crippen molar-refractivity contribution < 1.29 is 23.9 Å². The number of methoxy groups -OCH3 is 1. The van der Waals surface area contributed by atoms with Crippen molar-refractivity contribution in [2.75, 3.05) is 12.4 Å². The molecule has 2 aromatic rings. The number of nitrogens with one attached hydrogen (secondary N) is 1. The maximum Gasteiger partial charge on any atom is 0.338 e. The number of esters is 2. The summed E-state index contributed by atoms with van der Waals surface area (Å²) >= 11 is 5.85. The summed E-state index contributed by atoms with van der Waals surface area (Å²) in [6, 6.07) is 12.4. The van der Waals surface area contributed by atoms with Crippen molar-refractivity contribution in [2.24, 2.45) is 0 Å². The molecule has 0 aliphatic heterocycles. The lowest BCUT2D eigenvalue weighted by molar-refractivity contribution is -0.123. The summed E-state index contributed by atoms with van der Waals surface area (Å²) in [4.78, 5) is 35.5. The van der Waals surface area contributed by atoms with Crippen LogP contribution in [0.5, 0.6) is 0 Å². The zero-order chi connectivity index (χ0) is 18.4. The van der Waals surface area contributed by atoms with E-state index < -0.39 is 23.9 Å². The van der Waals surface area contributed by atoms with Crippen LogP contribution in [0.3, 0.4) is 0 Å². The molecule has 0 aliphatic rings. The van der Waals surface area contributed by atoms with Gasteiger partial charge in [0.25, 0.3) is 5.91 Å². The Labute approximate surface area is 149 Å². The Morgan fingerprint density at radius 1 is 1.00 bits per heavy atom. The van der Waals surface area contributed by atoms with Crippen molar-refractivity contribution in [1.29, 1.82) is 0 Å². The quantitative estimate of drug-likeness (QED) is 0.826. The number of benzene rings is 2. The van der Waals surface area contributed by atoms with Gasteiger partial charge in [0, 0.05) is 10.7 Å². The van der Waals surface area contributed by atoms with Crippen molar-refractivity contribution >= 4 is 35.1 Å². The summed E-state index contributed by atoms with van der Waals surface area (Å²) in [7, 11) is 1.27. The standard InChI is InChI=1S/C18H16ClNO5/c1-11(16(21)20-15-5-3-4-14(19)10-15)25-18(23)13-8-6-12(7-9-13)17(22)24-2/h3-11H,1-2H3,(H,20,21). The Hall–Kier alpha value is -2.86. The molecule has 0 fully saturated rings. The van der Waals surface area contributed by atoms with Crippen LogP contribution in [-0.4, -0.2) is 31.1 Å². The van der Waals surface area contributed by atoms with E-state index in [2.05, 4.69) is 10.1 Å². The molecule has 0 heterocycles. The lowest BCUT2D eigenvalue weighted by Crippen LogP contribution is -2.30. The molecule has 1 amide bonds. The Morgan fingerprint density at radius 3 is 2.16 bits per heavy atom. The van der Waals surface area contributed by atoms with Gasteiger partial charge in [0.15, 0.2) is 6.10 Å². The summed E-state index contributed by atoms with van der Waals surface area (Å²) in [6.07, 6.45) is -1.01. The third kappa shape index (κ3) is 5.06. The van der Waals surface area contributed by atoms with Crippen LogP contribution in [0.15, 0.2) is 48.5 Å². The molecular weight excluding hydrogens is 346 g/mol. The van der Waals surface area contributed by atoms with E-state index in [0.717, 1.165) is 0 Å². The van der Waals surface area contributed by atoms with Gasteiger partial charge in [-0.2, -0.15) is 0 Å². The monoisotopic (exact) mass is 361 g/mol. The predicted octanol–water partition coefficient (Wildman–Crippen LogP) is 3.31. The Bertz CT molecular complexity index is 788. The van der Waals surface area contributed by atoms with Gasteiger partial charge in [0.1, 0.15) is 0 Å². The van der Waals surface area contributed by atoms with Gasteiger partial charge in [-0.15, -0.1) is 0 Å². The highest BCUT2D eigenvalue weighted by molar-refractivity contribution is 6.30. The maximum atomic E-state index is 12.1. The summed E-state index contributed by atoms with van der Waals surface area (Å²) in [5, 5.41) is 3.09. The fraction of sp³-hybridized carbons (Fsp3) is 0.167. The first kappa shape index (κ1) is 18.5. The first-order valence-electron chi connectivity index (χ1n) is 7.36. The zero-order valence-corrected chi connectivity index (χ0v) is 14.4. The number of halogens is 1. The summed E-state index contributed by atoms with van der Waals surface area (Å²) in [5.41, 5.74) is 1.03. The van der Waals surface area contributed by atoms with Crippen LogP contribution in [0, 0.1) is 0 Å². The third-order valence-electron chi connectivity index (χ3n) is 3.29. The van der Waals surface area contributed by atoms with Crippen molar-refractivity contribution in [2.45, 2.75) is 13.0 Å². The Morgan fingerprint density at radius 2 is 1.60 bits per heavy atom. The summed E-state index contributed by atoms with van der Waals surface area (Å²) < 4.78 is 9.71. The van der Waals surface area contributed by atoms with Gasteiger partial charge in [-0.25, -0.2) is 9.59 Å². The normalized spacial score (nSPS) is 11.3. The van der Waals surface area contributed by atoms with E-state index in [4.69, 9.17) is 16.3 Å². The van der Waals surface area contributed by atoms with E-state index in [9.17, 15) is 14.4 Å². The second-order valence-corrected chi connectivity index (χ2v) is 5.55. The van der Waals surface area contributed by atoms with Crippen LogP contribution in [-0.2, 0) is 14.3 Å². The van der Waals surface area contributed by atoms with Gasteiger partial charge in [-0.05, 0) is 49.4 Å². The van der Waals surface area contributed by atoms with E-state index in [1.54, 1.807) is 24.3 Å². The molecule has 1 atom stereocenters. The molecule has 0 spiro atoms. The molecule has 0 saturated heterocycles. The molecule has 0 radical (unpaired) electrons. The van der Waals surface area contributed by atoms with Gasteiger partial charge in [0.05, 0.1) is 18.2 Å². The minimum atomic E-state index is -1.01. The van der Waals surface area contributed by atoms with Crippen LogP contribution in [0.4, 0.5) is 5.69 Å². The van der Waals surface area contributed by atoms with Crippen molar-refractivity contribution in [3.63, 3.8) is 0 Å². The lowest BCUT2D eigenvalue weighted by Gasteiger charge is -2.14. The van der Waals surface area contributed by atoms with E-state index in [-0.39, 0.29) is 5.56 Å². The molecule has 2 rings (SSSR count). The van der Waals surface area contributed by atoms with Gasteiger partial charge >= 0.3 is 11.9 Å². The first-order chi connectivity index (χ1) is 11.9.